The van der Waals surface area contributed by atoms with Crippen molar-refractivity contribution in [2.24, 2.45) is 0 Å². The molecule has 98 valence electrons. The van der Waals surface area contributed by atoms with Gasteiger partial charge in [-0.3, -0.25) is 4.79 Å². The van der Waals surface area contributed by atoms with Crippen LogP contribution in [0.25, 0.3) is 5.57 Å². The van der Waals surface area contributed by atoms with Gasteiger partial charge in [-0.1, -0.05) is 30.3 Å². The molecule has 0 bridgehead atoms. The Morgan fingerprint density at radius 1 is 1.00 bits per heavy atom. The second-order valence-corrected chi connectivity index (χ2v) is 6.02. The molecule has 1 aromatic carbocycles. The summed E-state index contributed by atoms with van der Waals surface area (Å²) in [5.74, 6) is 0.292. The van der Waals surface area contributed by atoms with E-state index in [4.69, 9.17) is 0 Å². The lowest BCUT2D eigenvalue weighted by atomic mass is 9.83. The largest absolute Gasteiger partial charge is 0.329 e. The van der Waals surface area contributed by atoms with Gasteiger partial charge in [-0.2, -0.15) is 0 Å². The van der Waals surface area contributed by atoms with Crippen molar-refractivity contribution >= 4 is 11.5 Å². The highest BCUT2D eigenvalue weighted by molar-refractivity contribution is 6.23. The Bertz CT molecular complexity index is 560. The second kappa shape index (κ2) is 3.96. The summed E-state index contributed by atoms with van der Waals surface area (Å²) in [6.07, 6.45) is 7.18. The van der Waals surface area contributed by atoms with E-state index in [9.17, 15) is 4.79 Å². The summed E-state index contributed by atoms with van der Waals surface area (Å²) in [5, 5.41) is 0. The van der Waals surface area contributed by atoms with Gasteiger partial charge < -0.3 is 4.90 Å². The Morgan fingerprint density at radius 3 is 2.63 bits per heavy atom. The van der Waals surface area contributed by atoms with E-state index in [-0.39, 0.29) is 5.54 Å². The quantitative estimate of drug-likeness (QED) is 0.751. The minimum atomic E-state index is 0.112. The summed E-state index contributed by atoms with van der Waals surface area (Å²) < 4.78 is 0. The van der Waals surface area contributed by atoms with Gasteiger partial charge >= 0.3 is 0 Å². The van der Waals surface area contributed by atoms with Gasteiger partial charge in [0.2, 0.25) is 0 Å². The summed E-state index contributed by atoms with van der Waals surface area (Å²) in [6, 6.07) is 10.3. The molecule has 1 amide bonds. The zero-order chi connectivity index (χ0) is 12.9. The first-order valence-electron chi connectivity index (χ1n) is 7.44. The van der Waals surface area contributed by atoms with E-state index in [1.54, 1.807) is 0 Å². The maximum Gasteiger partial charge on any atom is 0.255 e. The van der Waals surface area contributed by atoms with Gasteiger partial charge in [0.05, 0.1) is 5.54 Å². The Morgan fingerprint density at radius 2 is 1.79 bits per heavy atom. The van der Waals surface area contributed by atoms with Crippen molar-refractivity contribution in [3.8, 4) is 0 Å². The summed E-state index contributed by atoms with van der Waals surface area (Å²) in [4.78, 5) is 15.0. The van der Waals surface area contributed by atoms with Crippen LogP contribution in [0, 0.1) is 0 Å². The molecule has 1 aliphatic carbocycles. The molecule has 1 aromatic rings. The van der Waals surface area contributed by atoms with Crippen molar-refractivity contribution in [2.45, 2.75) is 44.1 Å². The smallest absolute Gasteiger partial charge is 0.255 e. The van der Waals surface area contributed by atoms with E-state index < -0.39 is 0 Å². The molecule has 0 aromatic heterocycles. The van der Waals surface area contributed by atoms with Crippen LogP contribution in [-0.2, 0) is 4.79 Å². The van der Waals surface area contributed by atoms with E-state index in [1.165, 1.54) is 37.7 Å². The van der Waals surface area contributed by atoms with Gasteiger partial charge in [-0.25, -0.2) is 0 Å². The van der Waals surface area contributed by atoms with Crippen LogP contribution < -0.4 is 0 Å². The van der Waals surface area contributed by atoms with Crippen molar-refractivity contribution < 1.29 is 4.79 Å². The molecular weight excluding hydrogens is 234 g/mol. The molecule has 2 heteroatoms. The Balaban J connectivity index is 1.90. The van der Waals surface area contributed by atoms with Crippen molar-refractivity contribution in [1.29, 1.82) is 0 Å². The van der Waals surface area contributed by atoms with Gasteiger partial charge in [0.25, 0.3) is 5.91 Å². The lowest BCUT2D eigenvalue weighted by Crippen LogP contribution is -2.49. The molecule has 0 radical (unpaired) electrons. The van der Waals surface area contributed by atoms with E-state index in [2.05, 4.69) is 17.0 Å². The minimum absolute atomic E-state index is 0.112. The highest BCUT2D eigenvalue weighted by atomic mass is 16.2. The highest BCUT2D eigenvalue weighted by Gasteiger charge is 2.53. The molecule has 3 aliphatic rings. The maximum atomic E-state index is 12.8. The zero-order valence-electron chi connectivity index (χ0n) is 11.2. The average Bonchev–Trinajstić information content (AvgIpc) is 2.94. The monoisotopic (exact) mass is 253 g/mol. The summed E-state index contributed by atoms with van der Waals surface area (Å²) in [7, 11) is 0. The Hall–Kier alpha value is -1.57. The number of benzene rings is 1. The molecule has 1 saturated carbocycles. The highest BCUT2D eigenvalue weighted by Crippen LogP contribution is 2.53. The number of nitrogens with zero attached hydrogens (tertiary/aromatic N) is 1. The number of amides is 1. The van der Waals surface area contributed by atoms with Crippen LogP contribution >= 0.6 is 0 Å². The molecule has 4 rings (SSSR count). The number of hydrogen-bond donors (Lipinski definition) is 0. The van der Waals surface area contributed by atoms with Crippen molar-refractivity contribution in [3.05, 3.63) is 41.5 Å². The molecule has 2 aliphatic heterocycles. The first-order chi connectivity index (χ1) is 9.33. The number of carbonyl (C=O) groups is 1. The van der Waals surface area contributed by atoms with Crippen LogP contribution in [0.1, 0.15) is 44.1 Å². The molecule has 2 fully saturated rings. The molecule has 1 atom stereocenters. The topological polar surface area (TPSA) is 20.3 Å². The SMILES string of the molecule is O=C1C(c2ccccc2)=C2CCCC23CCCCN13. The molecule has 0 N–H and O–H groups in total. The lowest BCUT2D eigenvalue weighted by Gasteiger charge is -2.41. The van der Waals surface area contributed by atoms with Gasteiger partial charge in [0.15, 0.2) is 0 Å². The molecule has 1 spiro atoms. The fourth-order valence-electron chi connectivity index (χ4n) is 4.37. The molecular formula is C17H19NO. The van der Waals surface area contributed by atoms with Gasteiger partial charge in [-0.05, 0) is 49.7 Å². The van der Waals surface area contributed by atoms with Gasteiger partial charge in [0, 0.05) is 12.1 Å². The number of piperidine rings is 1. The summed E-state index contributed by atoms with van der Waals surface area (Å²) in [6.45, 7) is 0.957. The maximum absolute atomic E-state index is 12.8. The molecule has 2 nitrogen and oxygen atoms in total. The summed E-state index contributed by atoms with van der Waals surface area (Å²) >= 11 is 0. The minimum Gasteiger partial charge on any atom is -0.329 e. The van der Waals surface area contributed by atoms with Crippen LogP contribution in [0.4, 0.5) is 0 Å². The molecule has 1 unspecified atom stereocenters. The Kier molecular flexibility index (Phi) is 2.35. The van der Waals surface area contributed by atoms with E-state index in [1.807, 2.05) is 18.2 Å². The standard InChI is InChI=1S/C17H19NO/c19-16-15(13-7-2-1-3-8-13)14-9-6-11-17(14)10-4-5-12-18(16)17/h1-3,7-8H,4-6,9-12H2. The summed E-state index contributed by atoms with van der Waals surface area (Å²) in [5.41, 5.74) is 3.71. The molecule has 1 saturated heterocycles. The molecule has 19 heavy (non-hydrogen) atoms. The van der Waals surface area contributed by atoms with Crippen molar-refractivity contribution in [1.82, 2.24) is 4.90 Å². The second-order valence-electron chi connectivity index (χ2n) is 6.02. The Labute approximate surface area is 114 Å². The van der Waals surface area contributed by atoms with E-state index in [0.29, 0.717) is 5.91 Å². The van der Waals surface area contributed by atoms with Crippen LogP contribution in [0.15, 0.2) is 35.9 Å². The van der Waals surface area contributed by atoms with E-state index >= 15 is 0 Å². The zero-order valence-corrected chi connectivity index (χ0v) is 11.2. The third-order valence-corrected chi connectivity index (χ3v) is 5.14. The van der Waals surface area contributed by atoms with Gasteiger partial charge in [-0.15, -0.1) is 0 Å². The molecule has 2 heterocycles. The van der Waals surface area contributed by atoms with Crippen LogP contribution in [0.2, 0.25) is 0 Å². The normalized spacial score (nSPS) is 29.7. The first kappa shape index (κ1) is 11.3. The number of carbonyl (C=O) groups excluding carboxylic acids is 1. The predicted molar refractivity (Wildman–Crippen MR) is 75.5 cm³/mol. The van der Waals surface area contributed by atoms with Crippen LogP contribution in [0.3, 0.4) is 0 Å². The first-order valence-corrected chi connectivity index (χ1v) is 7.44. The number of hydrogen-bond acceptors (Lipinski definition) is 1. The fourth-order valence-corrected chi connectivity index (χ4v) is 4.37. The average molecular weight is 253 g/mol. The van der Waals surface area contributed by atoms with Crippen molar-refractivity contribution in [2.75, 3.05) is 6.54 Å². The number of rotatable bonds is 1. The predicted octanol–water partition coefficient (Wildman–Crippen LogP) is 3.39. The third kappa shape index (κ3) is 1.40. The fraction of sp³-hybridized carbons (Fsp3) is 0.471. The lowest BCUT2D eigenvalue weighted by molar-refractivity contribution is -0.129. The van der Waals surface area contributed by atoms with Gasteiger partial charge in [0.1, 0.15) is 0 Å². The van der Waals surface area contributed by atoms with Crippen LogP contribution in [0.5, 0.6) is 0 Å². The third-order valence-electron chi connectivity index (χ3n) is 5.14. The van der Waals surface area contributed by atoms with Crippen LogP contribution in [-0.4, -0.2) is 22.9 Å². The van der Waals surface area contributed by atoms with E-state index in [0.717, 1.165) is 24.1 Å². The van der Waals surface area contributed by atoms with Crippen molar-refractivity contribution in [3.63, 3.8) is 0 Å².